The van der Waals surface area contributed by atoms with Gasteiger partial charge in [0.25, 0.3) is 5.91 Å². The molecule has 0 fully saturated rings. The van der Waals surface area contributed by atoms with Crippen LogP contribution in [0.25, 0.3) is 10.8 Å². The molecule has 0 aliphatic heterocycles. The second-order valence-electron chi connectivity index (χ2n) is 3.38. The maximum atomic E-state index is 11.6. The number of carbonyl (C=O) groups excluding carboxylic acids is 1. The summed E-state index contributed by atoms with van der Waals surface area (Å²) in [5.74, 6) is -0.279. The number of hydrogen-bond donors (Lipinski definition) is 2. The van der Waals surface area contributed by atoms with Gasteiger partial charge in [-0.1, -0.05) is 30.3 Å². The lowest BCUT2D eigenvalue weighted by atomic mass is 10.1. The van der Waals surface area contributed by atoms with Crippen LogP contribution in [0.3, 0.4) is 0 Å². The van der Waals surface area contributed by atoms with Gasteiger partial charge < -0.3 is 5.73 Å². The summed E-state index contributed by atoms with van der Waals surface area (Å²) in [6.07, 6.45) is 0. The first-order valence-electron chi connectivity index (χ1n) is 4.76. The van der Waals surface area contributed by atoms with Gasteiger partial charge in [0, 0.05) is 5.56 Å². The molecule has 1 amide bonds. The molecule has 0 aliphatic carbocycles. The molecule has 0 spiro atoms. The zero-order valence-corrected chi connectivity index (χ0v) is 9.25. The number of hydrogen-bond acceptors (Lipinski definition) is 2. The minimum atomic E-state index is -0.279. The Bertz CT molecular complexity index is 566. The van der Waals surface area contributed by atoms with Gasteiger partial charge in [0.2, 0.25) is 0 Å². The molecule has 0 saturated carbocycles. The highest BCUT2D eigenvalue weighted by Gasteiger charge is 2.06. The molecule has 16 heavy (non-hydrogen) atoms. The average Bonchev–Trinajstić information content (AvgIpc) is 2.27. The summed E-state index contributed by atoms with van der Waals surface area (Å²) in [7, 11) is 0. The highest BCUT2D eigenvalue weighted by Crippen LogP contribution is 2.15. The summed E-state index contributed by atoms with van der Waals surface area (Å²) in [5.41, 5.74) is 5.79. The Kier molecular flexibility index (Phi) is 2.83. The van der Waals surface area contributed by atoms with E-state index in [0.29, 0.717) is 5.56 Å². The third-order valence-corrected chi connectivity index (χ3v) is 2.35. The minimum Gasteiger partial charge on any atom is -0.376 e. The van der Waals surface area contributed by atoms with Crippen LogP contribution < -0.4 is 11.1 Å². The fourth-order valence-electron chi connectivity index (χ4n) is 1.51. The van der Waals surface area contributed by atoms with Crippen molar-refractivity contribution in [2.24, 2.45) is 5.73 Å². The number of nitrogens with one attached hydrogen (secondary N) is 1. The predicted molar refractivity (Wildman–Crippen MR) is 68.2 cm³/mol. The van der Waals surface area contributed by atoms with Gasteiger partial charge in [0.1, 0.15) is 0 Å². The van der Waals surface area contributed by atoms with E-state index in [9.17, 15) is 4.79 Å². The second kappa shape index (κ2) is 4.28. The monoisotopic (exact) mass is 230 g/mol. The van der Waals surface area contributed by atoms with Crippen molar-refractivity contribution in [2.75, 3.05) is 0 Å². The smallest absolute Gasteiger partial charge is 0.257 e. The fourth-order valence-corrected chi connectivity index (χ4v) is 1.61. The van der Waals surface area contributed by atoms with E-state index in [2.05, 4.69) is 17.5 Å². The number of fused-ring (bicyclic) bond motifs is 1. The molecule has 0 atom stereocenters. The second-order valence-corrected chi connectivity index (χ2v) is 3.82. The van der Waals surface area contributed by atoms with Crippen molar-refractivity contribution < 1.29 is 4.79 Å². The van der Waals surface area contributed by atoms with E-state index in [1.54, 1.807) is 6.07 Å². The lowest BCUT2D eigenvalue weighted by Gasteiger charge is -2.04. The molecule has 2 rings (SSSR count). The molecule has 0 aromatic heterocycles. The minimum absolute atomic E-state index is 0.0156. The van der Waals surface area contributed by atoms with Gasteiger partial charge in [-0.25, -0.2) is 0 Å². The molecule has 2 aromatic carbocycles. The molecule has 3 N–H and O–H groups in total. The SMILES string of the molecule is NC(=S)NC(=O)c1ccc2ccccc2c1. The third-order valence-electron chi connectivity index (χ3n) is 2.25. The van der Waals surface area contributed by atoms with Crippen LogP contribution in [0.4, 0.5) is 0 Å². The van der Waals surface area contributed by atoms with Crippen LogP contribution in [-0.4, -0.2) is 11.0 Å². The molecule has 0 radical (unpaired) electrons. The first-order chi connectivity index (χ1) is 7.66. The Balaban J connectivity index is 2.39. The first kappa shape index (κ1) is 10.6. The van der Waals surface area contributed by atoms with Crippen molar-refractivity contribution in [3.8, 4) is 0 Å². The number of rotatable bonds is 1. The molecule has 0 bridgehead atoms. The van der Waals surface area contributed by atoms with Gasteiger partial charge in [0.05, 0.1) is 0 Å². The summed E-state index contributed by atoms with van der Waals surface area (Å²) >= 11 is 4.61. The van der Waals surface area contributed by atoms with Crippen LogP contribution >= 0.6 is 12.2 Å². The van der Waals surface area contributed by atoms with Crippen molar-refractivity contribution in [3.63, 3.8) is 0 Å². The predicted octanol–water partition coefficient (Wildman–Crippen LogP) is 1.81. The largest absolute Gasteiger partial charge is 0.376 e. The molecule has 2 aromatic rings. The average molecular weight is 230 g/mol. The van der Waals surface area contributed by atoms with Crippen LogP contribution in [0.15, 0.2) is 42.5 Å². The molecule has 0 unspecified atom stereocenters. The van der Waals surface area contributed by atoms with Gasteiger partial charge in [-0.2, -0.15) is 0 Å². The summed E-state index contributed by atoms with van der Waals surface area (Å²) < 4.78 is 0. The van der Waals surface area contributed by atoms with E-state index < -0.39 is 0 Å². The highest BCUT2D eigenvalue weighted by atomic mass is 32.1. The first-order valence-corrected chi connectivity index (χ1v) is 5.17. The summed E-state index contributed by atoms with van der Waals surface area (Å²) in [6, 6.07) is 13.3. The standard InChI is InChI=1S/C12H10N2OS/c13-12(16)14-11(15)10-6-5-8-3-1-2-4-9(8)7-10/h1-7H,(H3,13,14,15,16). The Morgan fingerprint density at radius 2 is 1.81 bits per heavy atom. The topological polar surface area (TPSA) is 55.1 Å². The van der Waals surface area contributed by atoms with Gasteiger partial charge in [-0.15, -0.1) is 0 Å². The van der Waals surface area contributed by atoms with Crippen molar-refractivity contribution in [3.05, 3.63) is 48.0 Å². The van der Waals surface area contributed by atoms with Crippen molar-refractivity contribution in [2.45, 2.75) is 0 Å². The summed E-state index contributed by atoms with van der Waals surface area (Å²) in [6.45, 7) is 0. The highest BCUT2D eigenvalue weighted by molar-refractivity contribution is 7.80. The molecule has 0 saturated heterocycles. The molecule has 0 aliphatic rings. The lowest BCUT2D eigenvalue weighted by molar-refractivity contribution is 0.0977. The van der Waals surface area contributed by atoms with Crippen LogP contribution in [0.1, 0.15) is 10.4 Å². The van der Waals surface area contributed by atoms with E-state index in [1.807, 2.05) is 36.4 Å². The number of carbonyl (C=O) groups is 1. The molecule has 3 nitrogen and oxygen atoms in total. The van der Waals surface area contributed by atoms with Crippen molar-refractivity contribution in [1.82, 2.24) is 5.32 Å². The van der Waals surface area contributed by atoms with E-state index in [1.165, 1.54) is 0 Å². The number of thiocarbonyl (C=S) groups is 1. The zero-order chi connectivity index (χ0) is 11.5. The molecular weight excluding hydrogens is 220 g/mol. The maximum Gasteiger partial charge on any atom is 0.257 e. The van der Waals surface area contributed by atoms with E-state index in [-0.39, 0.29) is 11.0 Å². The van der Waals surface area contributed by atoms with Gasteiger partial charge in [-0.05, 0) is 35.1 Å². The number of nitrogens with two attached hydrogens (primary N) is 1. The van der Waals surface area contributed by atoms with Crippen LogP contribution in [-0.2, 0) is 0 Å². The Hall–Kier alpha value is -1.94. The zero-order valence-electron chi connectivity index (χ0n) is 8.44. The maximum absolute atomic E-state index is 11.6. The Labute approximate surface area is 98.3 Å². The lowest BCUT2D eigenvalue weighted by Crippen LogP contribution is -2.34. The summed E-state index contributed by atoms with van der Waals surface area (Å²) in [5, 5.41) is 4.48. The van der Waals surface area contributed by atoms with E-state index >= 15 is 0 Å². The van der Waals surface area contributed by atoms with Gasteiger partial charge in [0.15, 0.2) is 5.11 Å². The van der Waals surface area contributed by atoms with E-state index in [0.717, 1.165) is 10.8 Å². The van der Waals surface area contributed by atoms with Gasteiger partial charge >= 0.3 is 0 Å². The normalized spacial score (nSPS) is 10.0. The van der Waals surface area contributed by atoms with Crippen molar-refractivity contribution >= 4 is 34.0 Å². The molecule has 4 heteroatoms. The third kappa shape index (κ3) is 2.17. The molecule has 80 valence electrons. The quantitative estimate of drug-likeness (QED) is 0.735. The fraction of sp³-hybridized carbons (Fsp3) is 0. The van der Waals surface area contributed by atoms with Crippen molar-refractivity contribution in [1.29, 1.82) is 0 Å². The van der Waals surface area contributed by atoms with Crippen LogP contribution in [0, 0.1) is 0 Å². The molecule has 0 heterocycles. The number of benzene rings is 2. The van der Waals surface area contributed by atoms with E-state index in [4.69, 9.17) is 5.73 Å². The Morgan fingerprint density at radius 3 is 2.50 bits per heavy atom. The van der Waals surface area contributed by atoms with Crippen LogP contribution in [0.2, 0.25) is 0 Å². The van der Waals surface area contributed by atoms with Crippen LogP contribution in [0.5, 0.6) is 0 Å². The molecular formula is C12H10N2OS. The summed E-state index contributed by atoms with van der Waals surface area (Å²) in [4.78, 5) is 11.6. The number of amides is 1. The Morgan fingerprint density at radius 1 is 1.12 bits per heavy atom. The van der Waals surface area contributed by atoms with Gasteiger partial charge in [-0.3, -0.25) is 10.1 Å².